The SMILES string of the molecule is Cc1nc2sc(C(=O)NCCN3CCC4(CC3)C(=O)NCN4Cc3cccnc3)c(N)c2c(C)c1C. The Morgan fingerprint density at radius 2 is 2.03 bits per heavy atom. The Hall–Kier alpha value is -3.08. The van der Waals surface area contributed by atoms with Crippen molar-refractivity contribution in [3.05, 3.63) is 51.8 Å². The molecule has 0 aromatic carbocycles. The Balaban J connectivity index is 1.17. The van der Waals surface area contributed by atoms with Crippen LogP contribution in [-0.2, 0) is 11.3 Å². The number of piperidine rings is 1. The minimum atomic E-state index is -0.470. The van der Waals surface area contributed by atoms with Crippen molar-refractivity contribution in [1.82, 2.24) is 30.4 Å². The number of nitrogen functional groups attached to an aromatic ring is 1. The van der Waals surface area contributed by atoms with E-state index in [1.165, 1.54) is 11.3 Å². The predicted octanol–water partition coefficient (Wildman–Crippen LogP) is 2.35. The number of pyridine rings is 2. The molecule has 1 spiro atoms. The summed E-state index contributed by atoms with van der Waals surface area (Å²) in [6.07, 6.45) is 5.15. The molecule has 2 amide bonds. The fourth-order valence-electron chi connectivity index (χ4n) is 5.38. The van der Waals surface area contributed by atoms with Crippen molar-refractivity contribution in [3.8, 4) is 0 Å². The van der Waals surface area contributed by atoms with Gasteiger partial charge in [-0.3, -0.25) is 19.5 Å². The number of nitrogens with zero attached hydrogens (tertiary/aromatic N) is 4. The second-order valence-corrected chi connectivity index (χ2v) is 10.8. The second-order valence-electron chi connectivity index (χ2n) is 9.82. The van der Waals surface area contributed by atoms with Crippen LogP contribution in [0.1, 0.15) is 44.9 Å². The van der Waals surface area contributed by atoms with Gasteiger partial charge in [0, 0.05) is 56.2 Å². The number of carbonyl (C=O) groups is 2. The van der Waals surface area contributed by atoms with E-state index in [0.717, 1.165) is 65.1 Å². The van der Waals surface area contributed by atoms with E-state index < -0.39 is 5.54 Å². The molecule has 2 aliphatic rings. The first-order valence-corrected chi connectivity index (χ1v) is 13.2. The van der Waals surface area contributed by atoms with Gasteiger partial charge >= 0.3 is 0 Å². The molecule has 2 fully saturated rings. The average molecular weight is 508 g/mol. The maximum Gasteiger partial charge on any atom is 0.263 e. The largest absolute Gasteiger partial charge is 0.397 e. The van der Waals surface area contributed by atoms with Crippen LogP contribution in [0.4, 0.5) is 5.69 Å². The van der Waals surface area contributed by atoms with Gasteiger partial charge < -0.3 is 21.3 Å². The lowest BCUT2D eigenvalue weighted by Crippen LogP contribution is -2.56. The zero-order chi connectivity index (χ0) is 25.4. The highest BCUT2D eigenvalue weighted by atomic mass is 32.1. The number of nitrogens with two attached hydrogens (primary N) is 1. The fraction of sp³-hybridized carbons (Fsp3) is 0.462. The molecule has 3 aromatic heterocycles. The van der Waals surface area contributed by atoms with E-state index in [-0.39, 0.29) is 11.8 Å². The maximum absolute atomic E-state index is 12.9. The minimum absolute atomic E-state index is 0.119. The number of likely N-dealkylation sites (tertiary alicyclic amines) is 1. The van der Waals surface area contributed by atoms with Gasteiger partial charge in [0.05, 0.1) is 12.4 Å². The molecule has 5 heterocycles. The highest BCUT2D eigenvalue weighted by Crippen LogP contribution is 2.36. The molecule has 36 heavy (non-hydrogen) atoms. The van der Waals surface area contributed by atoms with Gasteiger partial charge in [-0.1, -0.05) is 6.07 Å². The number of aryl methyl sites for hydroxylation is 2. The van der Waals surface area contributed by atoms with Crippen molar-refractivity contribution in [2.24, 2.45) is 0 Å². The summed E-state index contributed by atoms with van der Waals surface area (Å²) >= 11 is 1.35. The van der Waals surface area contributed by atoms with Crippen LogP contribution >= 0.6 is 11.3 Å². The monoisotopic (exact) mass is 507 g/mol. The van der Waals surface area contributed by atoms with E-state index in [4.69, 9.17) is 5.73 Å². The summed E-state index contributed by atoms with van der Waals surface area (Å²) in [5.41, 5.74) is 10.7. The molecule has 5 rings (SSSR count). The summed E-state index contributed by atoms with van der Waals surface area (Å²) in [5.74, 6) is -0.0366. The number of hydrogen-bond acceptors (Lipinski definition) is 8. The van der Waals surface area contributed by atoms with E-state index in [1.807, 2.05) is 39.1 Å². The first-order valence-electron chi connectivity index (χ1n) is 12.4. The second kappa shape index (κ2) is 9.76. The van der Waals surface area contributed by atoms with E-state index in [2.05, 4.69) is 30.4 Å². The Morgan fingerprint density at radius 1 is 1.25 bits per heavy atom. The van der Waals surface area contributed by atoms with E-state index in [9.17, 15) is 9.59 Å². The smallest absolute Gasteiger partial charge is 0.263 e. The Labute approximate surface area is 215 Å². The number of carbonyl (C=O) groups excluding carboxylic acids is 2. The third-order valence-corrected chi connectivity index (χ3v) is 8.93. The van der Waals surface area contributed by atoms with E-state index in [1.54, 1.807) is 6.20 Å². The summed E-state index contributed by atoms with van der Waals surface area (Å²) in [6.45, 7) is 10.2. The fourth-order valence-corrected chi connectivity index (χ4v) is 6.50. The van der Waals surface area contributed by atoms with Crippen LogP contribution < -0.4 is 16.4 Å². The predicted molar refractivity (Wildman–Crippen MR) is 142 cm³/mol. The molecule has 0 bridgehead atoms. The van der Waals surface area contributed by atoms with Gasteiger partial charge in [0.1, 0.15) is 15.2 Å². The summed E-state index contributed by atoms with van der Waals surface area (Å²) in [7, 11) is 0. The number of anilines is 1. The number of aromatic nitrogens is 2. The number of fused-ring (bicyclic) bond motifs is 1. The molecular weight excluding hydrogens is 474 g/mol. The van der Waals surface area contributed by atoms with Gasteiger partial charge in [0.25, 0.3) is 5.91 Å². The summed E-state index contributed by atoms with van der Waals surface area (Å²) < 4.78 is 0. The van der Waals surface area contributed by atoms with Crippen LogP contribution in [0, 0.1) is 20.8 Å². The number of nitrogens with one attached hydrogen (secondary N) is 2. The first-order chi connectivity index (χ1) is 17.3. The van der Waals surface area contributed by atoms with Crippen LogP contribution in [0.15, 0.2) is 24.5 Å². The zero-order valence-electron chi connectivity index (χ0n) is 21.1. The third-order valence-electron chi connectivity index (χ3n) is 7.83. The number of hydrogen-bond donors (Lipinski definition) is 3. The number of rotatable bonds is 6. The third kappa shape index (κ3) is 4.33. The Morgan fingerprint density at radius 3 is 2.75 bits per heavy atom. The molecule has 0 saturated carbocycles. The van der Waals surface area contributed by atoms with Gasteiger partial charge in [0.2, 0.25) is 5.91 Å². The van der Waals surface area contributed by atoms with Gasteiger partial charge in [-0.2, -0.15) is 0 Å². The first kappa shape index (κ1) is 24.6. The van der Waals surface area contributed by atoms with Crippen molar-refractivity contribution in [2.45, 2.75) is 45.7 Å². The molecule has 10 heteroatoms. The minimum Gasteiger partial charge on any atom is -0.397 e. The van der Waals surface area contributed by atoms with E-state index >= 15 is 0 Å². The van der Waals surface area contributed by atoms with Gasteiger partial charge in [0.15, 0.2) is 0 Å². The maximum atomic E-state index is 12.9. The van der Waals surface area contributed by atoms with Crippen LogP contribution in [0.25, 0.3) is 10.2 Å². The molecule has 0 aliphatic carbocycles. The molecular formula is C26H33N7O2S. The van der Waals surface area contributed by atoms with Crippen LogP contribution in [0.5, 0.6) is 0 Å². The normalized spacial score (nSPS) is 18.1. The molecule has 0 radical (unpaired) electrons. The van der Waals surface area contributed by atoms with Gasteiger partial charge in [-0.15, -0.1) is 11.3 Å². The van der Waals surface area contributed by atoms with Crippen LogP contribution in [0.3, 0.4) is 0 Å². The average Bonchev–Trinajstić information content (AvgIpc) is 3.36. The lowest BCUT2D eigenvalue weighted by Gasteiger charge is -2.42. The van der Waals surface area contributed by atoms with Gasteiger partial charge in [-0.25, -0.2) is 4.98 Å². The molecule has 190 valence electrons. The number of amides is 2. The molecule has 0 atom stereocenters. The highest BCUT2D eigenvalue weighted by molar-refractivity contribution is 7.21. The van der Waals surface area contributed by atoms with Crippen molar-refractivity contribution >= 4 is 39.1 Å². The lowest BCUT2D eigenvalue weighted by molar-refractivity contribution is -0.129. The van der Waals surface area contributed by atoms with Gasteiger partial charge in [-0.05, 0) is 56.4 Å². The number of thiophene rings is 1. The quantitative estimate of drug-likeness (QED) is 0.469. The lowest BCUT2D eigenvalue weighted by atomic mass is 9.86. The van der Waals surface area contributed by atoms with Crippen molar-refractivity contribution in [1.29, 1.82) is 0 Å². The zero-order valence-corrected chi connectivity index (χ0v) is 21.9. The molecule has 0 unspecified atom stereocenters. The summed E-state index contributed by atoms with van der Waals surface area (Å²) in [6, 6.07) is 3.97. The van der Waals surface area contributed by atoms with Crippen molar-refractivity contribution < 1.29 is 9.59 Å². The standard InChI is InChI=1S/C26H33N7O2S/c1-16-17(2)20-21(27)22(36-24(20)31-18(16)3)23(34)29-9-12-32-10-6-26(7-11-32)25(35)30-15-33(26)14-19-5-4-8-28-13-19/h4-5,8,13H,6-7,9-12,14-15,27H2,1-3H3,(H,29,34)(H,30,35). The van der Waals surface area contributed by atoms with E-state index in [0.29, 0.717) is 30.3 Å². The summed E-state index contributed by atoms with van der Waals surface area (Å²) in [4.78, 5) is 40.5. The molecule has 2 aliphatic heterocycles. The highest BCUT2D eigenvalue weighted by Gasteiger charge is 2.49. The van der Waals surface area contributed by atoms with Crippen molar-refractivity contribution in [3.63, 3.8) is 0 Å². The molecule has 9 nitrogen and oxygen atoms in total. The van der Waals surface area contributed by atoms with Crippen LogP contribution in [-0.4, -0.2) is 70.0 Å². The van der Waals surface area contributed by atoms with Crippen molar-refractivity contribution in [2.75, 3.05) is 38.6 Å². The summed E-state index contributed by atoms with van der Waals surface area (Å²) in [5, 5.41) is 6.97. The molecule has 2 saturated heterocycles. The molecule has 3 aromatic rings. The molecule has 4 N–H and O–H groups in total. The topological polar surface area (TPSA) is 116 Å². The Bertz CT molecular complexity index is 1300. The Kier molecular flexibility index (Phi) is 6.67. The van der Waals surface area contributed by atoms with Crippen LogP contribution in [0.2, 0.25) is 0 Å².